The van der Waals surface area contributed by atoms with Crippen LogP contribution in [0.5, 0.6) is 5.75 Å². The van der Waals surface area contributed by atoms with Gasteiger partial charge in [0.25, 0.3) is 0 Å². The quantitative estimate of drug-likeness (QED) is 0.777. The molecule has 2 atom stereocenters. The Morgan fingerprint density at radius 2 is 2.08 bits per heavy atom. The summed E-state index contributed by atoms with van der Waals surface area (Å²) in [7, 11) is 4.11. The van der Waals surface area contributed by atoms with E-state index in [1.54, 1.807) is 12.1 Å². The van der Waals surface area contributed by atoms with Crippen molar-refractivity contribution in [1.29, 1.82) is 0 Å². The lowest BCUT2D eigenvalue weighted by atomic mass is 10.0. The molecule has 0 fully saturated rings. The number of rotatable bonds is 7. The summed E-state index contributed by atoms with van der Waals surface area (Å²) < 4.78 is 0. The average molecular weight is 373 g/mol. The molecule has 0 bridgehead atoms. The van der Waals surface area contributed by atoms with E-state index in [-0.39, 0.29) is 17.7 Å². The van der Waals surface area contributed by atoms with Gasteiger partial charge in [-0.1, -0.05) is 12.1 Å². The number of aromatic hydroxyl groups is 1. The first-order chi connectivity index (χ1) is 12.4. The number of nitrogens with zero attached hydrogens (tertiary/aromatic N) is 1. The fourth-order valence-electron chi connectivity index (χ4n) is 3.66. The molecule has 1 amide bonds. The number of thiophene rings is 1. The van der Waals surface area contributed by atoms with E-state index in [4.69, 9.17) is 0 Å². The highest BCUT2D eigenvalue weighted by molar-refractivity contribution is 7.12. The van der Waals surface area contributed by atoms with E-state index in [9.17, 15) is 9.90 Å². The Labute approximate surface area is 159 Å². The molecule has 0 radical (unpaired) electrons. The maximum Gasteiger partial charge on any atom is 0.220 e. The number of nitrogens with one attached hydrogen (secondary N) is 1. The Kier molecular flexibility index (Phi) is 5.99. The first kappa shape index (κ1) is 18.9. The lowest BCUT2D eigenvalue weighted by Gasteiger charge is -2.24. The van der Waals surface area contributed by atoms with Crippen molar-refractivity contribution in [2.24, 2.45) is 0 Å². The van der Waals surface area contributed by atoms with Gasteiger partial charge in [0.2, 0.25) is 5.91 Å². The van der Waals surface area contributed by atoms with Gasteiger partial charge < -0.3 is 15.3 Å². The van der Waals surface area contributed by atoms with Gasteiger partial charge in [-0.15, -0.1) is 11.3 Å². The number of likely N-dealkylation sites (N-methyl/N-ethyl adjacent to an activating group) is 1. The molecule has 26 heavy (non-hydrogen) atoms. The number of phenols is 1. The van der Waals surface area contributed by atoms with E-state index >= 15 is 0 Å². The summed E-state index contributed by atoms with van der Waals surface area (Å²) in [6.07, 6.45) is 4.34. The van der Waals surface area contributed by atoms with Crippen LogP contribution in [-0.4, -0.2) is 36.1 Å². The highest BCUT2D eigenvalue weighted by atomic mass is 32.1. The molecule has 1 aromatic heterocycles. The standard InChI is InChI=1S/C21H28N2O2S/c1-14-12-18-19(9-10-20(18)26-14)22-21(25)11-6-16(23(2)3)13-15-4-7-17(24)8-5-15/h4-5,7-8,12,16,19,24H,6,9-11,13H2,1-3H3,(H,22,25)/t16-,19?/m1/s1. The summed E-state index contributed by atoms with van der Waals surface area (Å²) in [6.45, 7) is 2.13. The number of amides is 1. The zero-order chi connectivity index (χ0) is 18.7. The van der Waals surface area contributed by atoms with Crippen molar-refractivity contribution in [2.45, 2.75) is 51.1 Å². The van der Waals surface area contributed by atoms with Gasteiger partial charge in [0.05, 0.1) is 6.04 Å². The number of aryl methyl sites for hydroxylation is 2. The molecule has 1 aliphatic carbocycles. The van der Waals surface area contributed by atoms with Gasteiger partial charge in [-0.25, -0.2) is 0 Å². The third kappa shape index (κ3) is 4.65. The van der Waals surface area contributed by atoms with Crippen LogP contribution in [0.2, 0.25) is 0 Å². The van der Waals surface area contributed by atoms with Crippen LogP contribution in [0.1, 0.15) is 46.2 Å². The molecular weight excluding hydrogens is 344 g/mol. The Balaban J connectivity index is 1.52. The van der Waals surface area contributed by atoms with E-state index in [1.165, 1.54) is 20.9 Å². The molecule has 140 valence electrons. The first-order valence-corrected chi connectivity index (χ1v) is 10.1. The van der Waals surface area contributed by atoms with Crippen molar-refractivity contribution in [2.75, 3.05) is 14.1 Å². The number of carbonyl (C=O) groups is 1. The van der Waals surface area contributed by atoms with Crippen LogP contribution in [0.25, 0.3) is 0 Å². The highest BCUT2D eigenvalue weighted by Crippen LogP contribution is 2.37. The molecule has 0 saturated carbocycles. The molecule has 1 aliphatic rings. The number of carbonyl (C=O) groups excluding carboxylic acids is 1. The predicted molar refractivity (Wildman–Crippen MR) is 107 cm³/mol. The fourth-order valence-corrected chi connectivity index (χ4v) is 4.78. The summed E-state index contributed by atoms with van der Waals surface area (Å²) in [4.78, 5) is 17.4. The van der Waals surface area contributed by atoms with Gasteiger partial charge in [-0.05, 0) is 76.0 Å². The molecule has 5 heteroatoms. The third-order valence-corrected chi connectivity index (χ3v) is 6.30. The zero-order valence-corrected chi connectivity index (χ0v) is 16.6. The van der Waals surface area contributed by atoms with Crippen molar-refractivity contribution in [3.63, 3.8) is 0 Å². The lowest BCUT2D eigenvalue weighted by molar-refractivity contribution is -0.122. The maximum absolute atomic E-state index is 12.5. The average Bonchev–Trinajstić information content (AvgIpc) is 3.13. The summed E-state index contributed by atoms with van der Waals surface area (Å²) in [5.41, 5.74) is 2.50. The molecule has 3 rings (SSSR count). The van der Waals surface area contributed by atoms with Gasteiger partial charge in [-0.2, -0.15) is 0 Å². The molecule has 1 aromatic carbocycles. The lowest BCUT2D eigenvalue weighted by Crippen LogP contribution is -2.33. The summed E-state index contributed by atoms with van der Waals surface area (Å²) in [6, 6.07) is 10.1. The Bertz CT molecular complexity index is 752. The summed E-state index contributed by atoms with van der Waals surface area (Å²) in [5, 5.41) is 12.7. The molecule has 2 aromatic rings. The minimum absolute atomic E-state index is 0.143. The van der Waals surface area contributed by atoms with Gasteiger partial charge in [-0.3, -0.25) is 4.79 Å². The van der Waals surface area contributed by atoms with Crippen LogP contribution in [-0.2, 0) is 17.6 Å². The summed E-state index contributed by atoms with van der Waals surface area (Å²) in [5.74, 6) is 0.429. The summed E-state index contributed by atoms with van der Waals surface area (Å²) >= 11 is 1.86. The second-order valence-corrected chi connectivity index (χ2v) is 8.76. The fraction of sp³-hybridized carbons (Fsp3) is 0.476. The predicted octanol–water partition coefficient (Wildman–Crippen LogP) is 3.82. The van der Waals surface area contributed by atoms with E-state index in [2.05, 4.69) is 37.3 Å². The number of hydrogen-bond acceptors (Lipinski definition) is 4. The van der Waals surface area contributed by atoms with Crippen LogP contribution in [0.4, 0.5) is 0 Å². The van der Waals surface area contributed by atoms with Gasteiger partial charge in [0, 0.05) is 22.2 Å². The topological polar surface area (TPSA) is 52.6 Å². The monoisotopic (exact) mass is 372 g/mol. The van der Waals surface area contributed by atoms with Crippen molar-refractivity contribution >= 4 is 17.2 Å². The first-order valence-electron chi connectivity index (χ1n) is 9.25. The van der Waals surface area contributed by atoms with Crippen molar-refractivity contribution in [1.82, 2.24) is 10.2 Å². The Morgan fingerprint density at radius 3 is 2.77 bits per heavy atom. The number of phenolic OH excluding ortho intramolecular Hbond substituents is 1. The van der Waals surface area contributed by atoms with Crippen LogP contribution in [0.3, 0.4) is 0 Å². The second-order valence-electron chi connectivity index (χ2n) is 7.42. The SMILES string of the molecule is Cc1cc2c(s1)CCC2NC(=O)CC[C@H](Cc1ccc(O)cc1)N(C)C. The Morgan fingerprint density at radius 1 is 1.35 bits per heavy atom. The van der Waals surface area contributed by atoms with Gasteiger partial charge in [0.1, 0.15) is 5.75 Å². The van der Waals surface area contributed by atoms with Crippen LogP contribution in [0.15, 0.2) is 30.3 Å². The number of benzene rings is 1. The molecule has 0 spiro atoms. The van der Waals surface area contributed by atoms with Crippen molar-refractivity contribution in [3.8, 4) is 5.75 Å². The van der Waals surface area contributed by atoms with Gasteiger partial charge in [0.15, 0.2) is 0 Å². The largest absolute Gasteiger partial charge is 0.508 e. The molecular formula is C21H28N2O2S. The van der Waals surface area contributed by atoms with Crippen molar-refractivity contribution < 1.29 is 9.90 Å². The number of hydrogen-bond donors (Lipinski definition) is 2. The molecule has 0 saturated heterocycles. The minimum atomic E-state index is 0.143. The van der Waals surface area contributed by atoms with E-state index in [0.717, 1.165) is 25.7 Å². The van der Waals surface area contributed by atoms with Crippen LogP contribution >= 0.6 is 11.3 Å². The number of fused-ring (bicyclic) bond motifs is 1. The van der Waals surface area contributed by atoms with E-state index < -0.39 is 0 Å². The molecule has 0 aliphatic heterocycles. The molecule has 1 heterocycles. The van der Waals surface area contributed by atoms with Crippen molar-refractivity contribution in [3.05, 3.63) is 51.2 Å². The van der Waals surface area contributed by atoms with Crippen LogP contribution < -0.4 is 5.32 Å². The smallest absolute Gasteiger partial charge is 0.220 e. The van der Waals surface area contributed by atoms with E-state index in [1.807, 2.05) is 23.5 Å². The highest BCUT2D eigenvalue weighted by Gasteiger charge is 2.26. The molecule has 2 N–H and O–H groups in total. The Hall–Kier alpha value is -1.85. The maximum atomic E-state index is 12.5. The van der Waals surface area contributed by atoms with Crippen LogP contribution in [0, 0.1) is 6.92 Å². The zero-order valence-electron chi connectivity index (χ0n) is 15.8. The minimum Gasteiger partial charge on any atom is -0.508 e. The van der Waals surface area contributed by atoms with Gasteiger partial charge >= 0.3 is 0 Å². The third-order valence-electron chi connectivity index (χ3n) is 5.18. The second kappa shape index (κ2) is 8.23. The molecule has 4 nitrogen and oxygen atoms in total. The molecule has 1 unspecified atom stereocenters. The van der Waals surface area contributed by atoms with E-state index in [0.29, 0.717) is 12.5 Å². The normalized spacial score (nSPS) is 17.3.